The van der Waals surface area contributed by atoms with E-state index in [9.17, 15) is 4.39 Å². The van der Waals surface area contributed by atoms with E-state index in [0.29, 0.717) is 16.3 Å². The lowest BCUT2D eigenvalue weighted by Gasteiger charge is -2.06. The van der Waals surface area contributed by atoms with Crippen LogP contribution in [0.1, 0.15) is 30.1 Å². The van der Waals surface area contributed by atoms with Gasteiger partial charge < -0.3 is 9.40 Å². The van der Waals surface area contributed by atoms with Crippen molar-refractivity contribution in [3.8, 4) is 11.5 Å². The van der Waals surface area contributed by atoms with E-state index in [-0.39, 0.29) is 11.4 Å². The summed E-state index contributed by atoms with van der Waals surface area (Å²) in [4.78, 5) is 7.75. The van der Waals surface area contributed by atoms with E-state index in [0.717, 1.165) is 35.3 Å². The zero-order valence-electron chi connectivity index (χ0n) is 11.4. The van der Waals surface area contributed by atoms with Crippen LogP contribution >= 0.6 is 12.2 Å². The Morgan fingerprint density at radius 3 is 2.90 bits per heavy atom. The van der Waals surface area contributed by atoms with Crippen LogP contribution < -0.4 is 0 Å². The van der Waals surface area contributed by atoms with Crippen molar-refractivity contribution in [2.24, 2.45) is 0 Å². The topological polar surface area (TPSA) is 41.8 Å². The fourth-order valence-corrected chi connectivity index (χ4v) is 2.70. The lowest BCUT2D eigenvalue weighted by molar-refractivity contribution is 0.567. The summed E-state index contributed by atoms with van der Waals surface area (Å²) in [6.45, 7) is 1.90. The third kappa shape index (κ3) is 2.08. The first-order valence-corrected chi connectivity index (χ1v) is 7.33. The van der Waals surface area contributed by atoms with E-state index in [1.807, 2.05) is 19.1 Å². The summed E-state index contributed by atoms with van der Waals surface area (Å²) in [6, 6.07) is 6.74. The number of para-hydroxylation sites is 1. The first kappa shape index (κ1) is 12.7. The molecule has 0 unspecified atom stereocenters. The number of nitrogens with one attached hydrogen (secondary N) is 1. The molecule has 0 bridgehead atoms. The molecular weight excluding hydrogens is 287 g/mol. The fraction of sp³-hybridized carbons (Fsp3) is 0.250. The zero-order chi connectivity index (χ0) is 14.6. The maximum Gasteiger partial charge on any atom is 0.170 e. The SMILES string of the molecule is Cc1c(-c2cc3cccc(F)c3o2)[nH]c(C2CC2)nc1=S. The van der Waals surface area contributed by atoms with Crippen molar-refractivity contribution in [1.82, 2.24) is 9.97 Å². The minimum Gasteiger partial charge on any atom is -0.451 e. The average Bonchev–Trinajstić information content (AvgIpc) is 3.21. The molecule has 3 nitrogen and oxygen atoms in total. The molecule has 1 saturated carbocycles. The number of aromatic nitrogens is 2. The van der Waals surface area contributed by atoms with Gasteiger partial charge in [-0.25, -0.2) is 9.37 Å². The Bertz CT molecular complexity index is 908. The van der Waals surface area contributed by atoms with Crippen molar-refractivity contribution in [2.75, 3.05) is 0 Å². The molecule has 1 N–H and O–H groups in total. The molecule has 0 atom stereocenters. The number of aromatic amines is 1. The van der Waals surface area contributed by atoms with Crippen LogP contribution in [0.2, 0.25) is 0 Å². The van der Waals surface area contributed by atoms with Crippen LogP contribution in [-0.4, -0.2) is 9.97 Å². The number of nitrogens with zero attached hydrogens (tertiary/aromatic N) is 1. The van der Waals surface area contributed by atoms with Crippen molar-refractivity contribution in [3.05, 3.63) is 46.1 Å². The molecule has 0 radical (unpaired) electrons. The van der Waals surface area contributed by atoms with Gasteiger partial charge in [-0.2, -0.15) is 0 Å². The molecule has 1 aliphatic carbocycles. The van der Waals surface area contributed by atoms with Crippen LogP contribution in [0.5, 0.6) is 0 Å². The zero-order valence-corrected chi connectivity index (χ0v) is 12.3. The molecule has 4 rings (SSSR count). The second-order valence-corrected chi connectivity index (χ2v) is 5.86. The van der Waals surface area contributed by atoms with Crippen LogP contribution in [0.15, 0.2) is 28.7 Å². The fourth-order valence-electron chi connectivity index (χ4n) is 2.50. The predicted octanol–water partition coefficient (Wildman–Crippen LogP) is 4.88. The van der Waals surface area contributed by atoms with Gasteiger partial charge >= 0.3 is 0 Å². The molecule has 0 spiro atoms. The third-order valence-corrected chi connectivity index (χ3v) is 4.27. The van der Waals surface area contributed by atoms with Gasteiger partial charge in [-0.15, -0.1) is 0 Å². The van der Waals surface area contributed by atoms with E-state index in [4.69, 9.17) is 16.6 Å². The number of benzene rings is 1. The average molecular weight is 300 g/mol. The van der Waals surface area contributed by atoms with E-state index in [2.05, 4.69) is 9.97 Å². The Kier molecular flexibility index (Phi) is 2.72. The lowest BCUT2D eigenvalue weighted by Crippen LogP contribution is -1.98. The minimum absolute atomic E-state index is 0.274. The van der Waals surface area contributed by atoms with Gasteiger partial charge in [0.2, 0.25) is 0 Å². The Morgan fingerprint density at radius 1 is 1.38 bits per heavy atom. The van der Waals surface area contributed by atoms with Gasteiger partial charge in [-0.1, -0.05) is 24.4 Å². The molecule has 2 aromatic heterocycles. The molecule has 21 heavy (non-hydrogen) atoms. The van der Waals surface area contributed by atoms with Crippen LogP contribution in [0, 0.1) is 17.4 Å². The predicted molar refractivity (Wildman–Crippen MR) is 81.3 cm³/mol. The van der Waals surface area contributed by atoms with Gasteiger partial charge in [0, 0.05) is 16.9 Å². The Morgan fingerprint density at radius 2 is 2.19 bits per heavy atom. The van der Waals surface area contributed by atoms with Gasteiger partial charge in [0.05, 0.1) is 5.69 Å². The van der Waals surface area contributed by atoms with Crippen LogP contribution in [-0.2, 0) is 0 Å². The molecule has 106 valence electrons. The summed E-state index contributed by atoms with van der Waals surface area (Å²) in [5, 5.41) is 0.744. The lowest BCUT2D eigenvalue weighted by atomic mass is 10.2. The number of fused-ring (bicyclic) bond motifs is 1. The Hall–Kier alpha value is -2.01. The molecule has 1 aliphatic rings. The maximum atomic E-state index is 13.8. The third-order valence-electron chi connectivity index (χ3n) is 3.88. The highest BCUT2D eigenvalue weighted by molar-refractivity contribution is 7.71. The van der Waals surface area contributed by atoms with Gasteiger partial charge in [-0.05, 0) is 31.9 Å². The molecular formula is C16H13FN2OS. The first-order chi connectivity index (χ1) is 10.1. The van der Waals surface area contributed by atoms with Crippen molar-refractivity contribution in [3.63, 3.8) is 0 Å². The number of H-pyrrole nitrogens is 1. The van der Waals surface area contributed by atoms with Crippen LogP contribution in [0.4, 0.5) is 4.39 Å². The molecule has 2 heterocycles. The summed E-state index contributed by atoms with van der Waals surface area (Å²) in [5.41, 5.74) is 1.93. The number of furan rings is 1. The van der Waals surface area contributed by atoms with E-state index < -0.39 is 0 Å². The molecule has 0 saturated heterocycles. The molecule has 1 aromatic carbocycles. The smallest absolute Gasteiger partial charge is 0.170 e. The summed E-state index contributed by atoms with van der Waals surface area (Å²) < 4.78 is 20.0. The quantitative estimate of drug-likeness (QED) is 0.686. The molecule has 5 heteroatoms. The monoisotopic (exact) mass is 300 g/mol. The summed E-state index contributed by atoms with van der Waals surface area (Å²) >= 11 is 5.34. The summed E-state index contributed by atoms with van der Waals surface area (Å²) in [7, 11) is 0. The number of halogens is 1. The van der Waals surface area contributed by atoms with Crippen molar-refractivity contribution < 1.29 is 8.81 Å². The van der Waals surface area contributed by atoms with Crippen molar-refractivity contribution >= 4 is 23.2 Å². The Labute approximate surface area is 125 Å². The highest BCUT2D eigenvalue weighted by Gasteiger charge is 2.27. The largest absolute Gasteiger partial charge is 0.451 e. The molecule has 0 aliphatic heterocycles. The molecule has 1 fully saturated rings. The van der Waals surface area contributed by atoms with Crippen molar-refractivity contribution in [2.45, 2.75) is 25.7 Å². The second kappa shape index (κ2) is 4.49. The molecule has 0 amide bonds. The van der Waals surface area contributed by atoms with Crippen molar-refractivity contribution in [1.29, 1.82) is 0 Å². The highest BCUT2D eigenvalue weighted by Crippen LogP contribution is 2.39. The highest BCUT2D eigenvalue weighted by atomic mass is 32.1. The normalized spacial score (nSPS) is 14.8. The van der Waals surface area contributed by atoms with E-state index >= 15 is 0 Å². The van der Waals surface area contributed by atoms with Gasteiger partial charge in [0.1, 0.15) is 10.5 Å². The van der Waals surface area contributed by atoms with Gasteiger partial charge in [0.25, 0.3) is 0 Å². The standard InChI is InChI=1S/C16H13FN2OS/c1-8-13(18-15(9-5-6-9)19-16(8)21)12-7-10-3-2-4-11(17)14(10)20-12/h2-4,7,9H,5-6H2,1H3,(H,18,19,21). The number of rotatable bonds is 2. The van der Waals surface area contributed by atoms with Crippen LogP contribution in [0.25, 0.3) is 22.4 Å². The maximum absolute atomic E-state index is 13.8. The van der Waals surface area contributed by atoms with E-state index in [1.165, 1.54) is 6.07 Å². The van der Waals surface area contributed by atoms with Gasteiger partial charge in [0.15, 0.2) is 17.2 Å². The Balaban J connectivity index is 1.95. The summed E-state index contributed by atoms with van der Waals surface area (Å²) in [5.74, 6) is 1.61. The van der Waals surface area contributed by atoms with Crippen LogP contribution in [0.3, 0.4) is 0 Å². The summed E-state index contributed by atoms with van der Waals surface area (Å²) in [6.07, 6.45) is 2.27. The second-order valence-electron chi connectivity index (χ2n) is 5.47. The minimum atomic E-state index is -0.355. The first-order valence-electron chi connectivity index (χ1n) is 6.93. The molecule has 3 aromatic rings. The number of hydrogen-bond acceptors (Lipinski definition) is 3. The van der Waals surface area contributed by atoms with E-state index in [1.54, 1.807) is 6.07 Å². The number of hydrogen-bond donors (Lipinski definition) is 1. The van der Waals surface area contributed by atoms with Gasteiger partial charge in [-0.3, -0.25) is 0 Å².